The van der Waals surface area contributed by atoms with Crippen LogP contribution in [0.2, 0.25) is 0 Å². The Bertz CT molecular complexity index is 1120. The van der Waals surface area contributed by atoms with Crippen LogP contribution in [0.3, 0.4) is 0 Å². The number of carbonyl (C=O) groups excluding carboxylic acids is 1. The number of carbonyl (C=O) groups is 1. The van der Waals surface area contributed by atoms with E-state index in [4.69, 9.17) is 14.2 Å². The predicted octanol–water partition coefficient (Wildman–Crippen LogP) is 3.84. The maximum atomic E-state index is 12.6. The van der Waals surface area contributed by atoms with Crippen molar-refractivity contribution in [2.75, 3.05) is 21.3 Å². The molecule has 7 heteroatoms. The second kappa shape index (κ2) is 8.49. The van der Waals surface area contributed by atoms with Crippen LogP contribution < -0.4 is 19.6 Å². The Labute approximate surface area is 175 Å². The van der Waals surface area contributed by atoms with E-state index < -0.39 is 0 Å². The monoisotopic (exact) mass is 407 g/mol. The van der Waals surface area contributed by atoms with Gasteiger partial charge in [-0.2, -0.15) is 5.10 Å². The fraction of sp³-hybridized carbons (Fsp3) is 0.304. The minimum absolute atomic E-state index is 0.265. The maximum Gasteiger partial charge on any atom is 0.271 e. The molecule has 4 rings (SSSR count). The molecule has 156 valence electrons. The number of nitrogens with zero attached hydrogens (tertiary/aromatic N) is 1. The van der Waals surface area contributed by atoms with Crippen LogP contribution in [0.4, 0.5) is 0 Å². The number of hydrogen-bond acceptors (Lipinski definition) is 5. The Morgan fingerprint density at radius 2 is 1.73 bits per heavy atom. The van der Waals surface area contributed by atoms with Gasteiger partial charge in [-0.15, -0.1) is 0 Å². The second-order valence-corrected chi connectivity index (χ2v) is 7.20. The number of aromatic amines is 1. The van der Waals surface area contributed by atoms with Gasteiger partial charge in [-0.05, 0) is 55.5 Å². The average Bonchev–Trinajstić information content (AvgIpc) is 3.16. The van der Waals surface area contributed by atoms with Gasteiger partial charge in [0.15, 0.2) is 11.5 Å². The van der Waals surface area contributed by atoms with Crippen molar-refractivity contribution in [3.8, 4) is 17.2 Å². The predicted molar refractivity (Wildman–Crippen MR) is 116 cm³/mol. The number of hydrazone groups is 1. The van der Waals surface area contributed by atoms with E-state index in [9.17, 15) is 4.79 Å². The summed E-state index contributed by atoms with van der Waals surface area (Å²) < 4.78 is 16.0. The van der Waals surface area contributed by atoms with E-state index in [0.717, 1.165) is 23.7 Å². The topological polar surface area (TPSA) is 84.9 Å². The number of nitrogens with one attached hydrogen (secondary N) is 2. The lowest BCUT2D eigenvalue weighted by Gasteiger charge is -2.11. The number of aryl methyl sites for hydroxylation is 2. The molecule has 0 saturated carbocycles. The van der Waals surface area contributed by atoms with E-state index in [1.54, 1.807) is 33.5 Å². The Kier molecular flexibility index (Phi) is 5.61. The van der Waals surface area contributed by atoms with E-state index >= 15 is 0 Å². The molecule has 1 heterocycles. The van der Waals surface area contributed by atoms with Crippen molar-refractivity contribution in [2.24, 2.45) is 5.10 Å². The molecule has 0 spiro atoms. The summed E-state index contributed by atoms with van der Waals surface area (Å²) in [6.45, 7) is 0. The first kappa shape index (κ1) is 19.8. The highest BCUT2D eigenvalue weighted by Gasteiger charge is 2.17. The molecule has 3 aromatic rings. The highest BCUT2D eigenvalue weighted by atomic mass is 16.5. The largest absolute Gasteiger partial charge is 0.496 e. The highest BCUT2D eigenvalue weighted by Crippen LogP contribution is 2.34. The van der Waals surface area contributed by atoms with E-state index in [1.165, 1.54) is 30.3 Å². The number of amides is 1. The first-order valence-electron chi connectivity index (χ1n) is 9.91. The summed E-state index contributed by atoms with van der Waals surface area (Å²) in [5.41, 5.74) is 7.54. The van der Waals surface area contributed by atoms with Gasteiger partial charge in [0.05, 0.1) is 27.5 Å². The molecular weight excluding hydrogens is 382 g/mol. The zero-order chi connectivity index (χ0) is 21.1. The SMILES string of the molecule is COc1cc(OC)c(OC)cc1/C=N/NC(=O)c1ccc2[nH]c3c(c2c1)CCCC3. The fourth-order valence-electron chi connectivity index (χ4n) is 3.93. The summed E-state index contributed by atoms with van der Waals surface area (Å²) in [7, 11) is 4.68. The number of methoxy groups -OCH3 is 3. The lowest BCUT2D eigenvalue weighted by atomic mass is 9.95. The maximum absolute atomic E-state index is 12.6. The Balaban J connectivity index is 1.54. The summed E-state index contributed by atoms with van der Waals surface area (Å²) in [4.78, 5) is 16.1. The molecular formula is C23H25N3O4. The van der Waals surface area contributed by atoms with Gasteiger partial charge in [-0.25, -0.2) is 5.43 Å². The molecule has 0 unspecified atom stereocenters. The van der Waals surface area contributed by atoms with Crippen LogP contribution in [0.15, 0.2) is 35.4 Å². The van der Waals surface area contributed by atoms with Crippen LogP contribution in [0.5, 0.6) is 17.2 Å². The fourth-order valence-corrected chi connectivity index (χ4v) is 3.93. The molecule has 0 saturated heterocycles. The zero-order valence-corrected chi connectivity index (χ0v) is 17.4. The summed E-state index contributed by atoms with van der Waals surface area (Å²) in [5, 5.41) is 5.23. The van der Waals surface area contributed by atoms with Crippen molar-refractivity contribution in [2.45, 2.75) is 25.7 Å². The number of benzene rings is 2. The molecule has 0 bridgehead atoms. The number of aromatic nitrogens is 1. The van der Waals surface area contributed by atoms with Crippen LogP contribution >= 0.6 is 0 Å². The van der Waals surface area contributed by atoms with Crippen LogP contribution in [0.1, 0.15) is 40.0 Å². The minimum atomic E-state index is -0.265. The minimum Gasteiger partial charge on any atom is -0.496 e. The first-order valence-corrected chi connectivity index (χ1v) is 9.91. The smallest absolute Gasteiger partial charge is 0.271 e. The molecule has 0 fully saturated rings. The summed E-state index contributed by atoms with van der Waals surface area (Å²) in [6, 6.07) is 9.17. The number of H-pyrrole nitrogens is 1. The van der Waals surface area contributed by atoms with Crippen molar-refractivity contribution < 1.29 is 19.0 Å². The number of ether oxygens (including phenoxy) is 3. The molecule has 2 N–H and O–H groups in total. The lowest BCUT2D eigenvalue weighted by molar-refractivity contribution is 0.0955. The molecule has 1 aliphatic rings. The molecule has 7 nitrogen and oxygen atoms in total. The quantitative estimate of drug-likeness (QED) is 0.480. The standard InChI is InChI=1S/C23H25N3O4/c1-28-20-12-22(30-3)21(29-2)11-15(20)13-24-26-23(27)14-8-9-19-17(10-14)16-6-4-5-7-18(16)25-19/h8-13,25H,4-7H2,1-3H3,(H,26,27)/b24-13+. The van der Waals surface area contributed by atoms with Gasteiger partial charge in [0.1, 0.15) is 5.75 Å². The Morgan fingerprint density at radius 1 is 1.00 bits per heavy atom. The van der Waals surface area contributed by atoms with Crippen LogP contribution in [-0.4, -0.2) is 38.4 Å². The van der Waals surface area contributed by atoms with Gasteiger partial charge in [0, 0.05) is 33.8 Å². The molecule has 1 amide bonds. The van der Waals surface area contributed by atoms with E-state index in [0.29, 0.717) is 28.4 Å². The van der Waals surface area contributed by atoms with Gasteiger partial charge >= 0.3 is 0 Å². The normalized spacial score (nSPS) is 13.3. The molecule has 1 aromatic heterocycles. The van der Waals surface area contributed by atoms with Gasteiger partial charge in [0.25, 0.3) is 5.91 Å². The molecule has 0 atom stereocenters. The van der Waals surface area contributed by atoms with Crippen molar-refractivity contribution in [3.63, 3.8) is 0 Å². The third-order valence-corrected chi connectivity index (χ3v) is 5.47. The van der Waals surface area contributed by atoms with Crippen molar-refractivity contribution >= 4 is 23.0 Å². The Morgan fingerprint density at radius 3 is 2.50 bits per heavy atom. The van der Waals surface area contributed by atoms with Gasteiger partial charge in [-0.3, -0.25) is 4.79 Å². The van der Waals surface area contributed by atoms with Crippen LogP contribution in [0.25, 0.3) is 10.9 Å². The number of rotatable bonds is 6. The summed E-state index contributed by atoms with van der Waals surface area (Å²) in [6.07, 6.45) is 6.05. The highest BCUT2D eigenvalue weighted by molar-refractivity contribution is 5.99. The van der Waals surface area contributed by atoms with E-state index in [1.807, 2.05) is 18.2 Å². The second-order valence-electron chi connectivity index (χ2n) is 7.20. The van der Waals surface area contributed by atoms with Crippen molar-refractivity contribution in [1.82, 2.24) is 10.4 Å². The Hall–Kier alpha value is -3.48. The molecule has 0 radical (unpaired) electrons. The van der Waals surface area contributed by atoms with E-state index in [2.05, 4.69) is 15.5 Å². The van der Waals surface area contributed by atoms with Crippen molar-refractivity contribution in [3.05, 3.63) is 52.7 Å². The lowest BCUT2D eigenvalue weighted by Crippen LogP contribution is -2.17. The third-order valence-electron chi connectivity index (χ3n) is 5.47. The number of fused-ring (bicyclic) bond motifs is 3. The van der Waals surface area contributed by atoms with E-state index in [-0.39, 0.29) is 5.91 Å². The van der Waals surface area contributed by atoms with Gasteiger partial charge < -0.3 is 19.2 Å². The number of hydrogen-bond donors (Lipinski definition) is 2. The summed E-state index contributed by atoms with van der Waals surface area (Å²) in [5.74, 6) is 1.40. The van der Waals surface area contributed by atoms with Gasteiger partial charge in [-0.1, -0.05) is 0 Å². The molecule has 0 aliphatic heterocycles. The summed E-state index contributed by atoms with van der Waals surface area (Å²) >= 11 is 0. The average molecular weight is 407 g/mol. The van der Waals surface area contributed by atoms with Crippen LogP contribution in [0, 0.1) is 0 Å². The first-order chi connectivity index (χ1) is 14.6. The molecule has 1 aliphatic carbocycles. The third kappa shape index (κ3) is 3.70. The van der Waals surface area contributed by atoms with Crippen molar-refractivity contribution in [1.29, 1.82) is 0 Å². The van der Waals surface area contributed by atoms with Gasteiger partial charge in [0.2, 0.25) is 0 Å². The molecule has 2 aromatic carbocycles. The molecule has 30 heavy (non-hydrogen) atoms. The van der Waals surface area contributed by atoms with Crippen LogP contribution in [-0.2, 0) is 12.8 Å². The zero-order valence-electron chi connectivity index (χ0n) is 17.4.